The first kappa shape index (κ1) is 14.3. The molecule has 1 saturated carbocycles. The summed E-state index contributed by atoms with van der Waals surface area (Å²) in [5, 5.41) is 3.80. The van der Waals surface area contributed by atoms with Crippen LogP contribution < -0.4 is 5.32 Å². The maximum absolute atomic E-state index is 5.97. The van der Waals surface area contributed by atoms with E-state index in [1.54, 1.807) is 0 Å². The Hall–Kier alpha value is -0.0800. The molecule has 2 heteroatoms. The molecule has 0 radical (unpaired) electrons. The Kier molecular flexibility index (Phi) is 5.50. The summed E-state index contributed by atoms with van der Waals surface area (Å²) in [6.45, 7) is 9.23. The minimum absolute atomic E-state index is 0.485. The quantitative estimate of drug-likeness (QED) is 0.808. The van der Waals surface area contributed by atoms with Gasteiger partial charge in [0, 0.05) is 12.6 Å². The average Bonchev–Trinajstić information content (AvgIpc) is 2.82. The lowest BCUT2D eigenvalue weighted by atomic mass is 9.72. The number of hydrogen-bond donors (Lipinski definition) is 1. The fraction of sp³-hybridized carbons (Fsp3) is 1.00. The summed E-state index contributed by atoms with van der Waals surface area (Å²) in [4.78, 5) is 0. The number of hydrogen-bond acceptors (Lipinski definition) is 2. The molecule has 2 aliphatic rings. The normalized spacial score (nSPS) is 38.8. The van der Waals surface area contributed by atoms with E-state index in [4.69, 9.17) is 4.74 Å². The molecule has 0 spiro atoms. The van der Waals surface area contributed by atoms with E-state index in [9.17, 15) is 0 Å². The third kappa shape index (κ3) is 3.71. The zero-order chi connectivity index (χ0) is 13.0. The van der Waals surface area contributed by atoms with Gasteiger partial charge in [0.2, 0.25) is 0 Å². The predicted octanol–water partition coefficient (Wildman–Crippen LogP) is 3.61. The second-order valence-electron chi connectivity index (χ2n) is 6.71. The molecule has 2 rings (SSSR count). The summed E-state index contributed by atoms with van der Waals surface area (Å²) in [6, 6.07) is 0.609. The summed E-state index contributed by atoms with van der Waals surface area (Å²) in [6.07, 6.45) is 8.44. The number of ether oxygens (including phenoxy) is 1. The molecule has 0 amide bonds. The van der Waals surface area contributed by atoms with Crippen molar-refractivity contribution in [1.29, 1.82) is 0 Å². The lowest BCUT2D eigenvalue weighted by molar-refractivity contribution is 0.0378. The van der Waals surface area contributed by atoms with Gasteiger partial charge in [-0.25, -0.2) is 0 Å². The van der Waals surface area contributed by atoms with Crippen molar-refractivity contribution in [3.05, 3.63) is 0 Å². The minimum Gasteiger partial charge on any atom is -0.377 e. The molecule has 18 heavy (non-hydrogen) atoms. The first-order valence-corrected chi connectivity index (χ1v) is 8.05. The third-order valence-electron chi connectivity index (χ3n) is 4.72. The van der Waals surface area contributed by atoms with Crippen LogP contribution >= 0.6 is 0 Å². The van der Waals surface area contributed by atoms with Crippen LogP contribution in [0.2, 0.25) is 0 Å². The van der Waals surface area contributed by atoms with Crippen LogP contribution in [-0.2, 0) is 4.74 Å². The summed E-state index contributed by atoms with van der Waals surface area (Å²) in [7, 11) is 0. The van der Waals surface area contributed by atoms with Crippen LogP contribution in [0, 0.1) is 17.8 Å². The van der Waals surface area contributed by atoms with E-state index in [0.29, 0.717) is 12.1 Å². The second-order valence-corrected chi connectivity index (χ2v) is 6.71. The summed E-state index contributed by atoms with van der Waals surface area (Å²) < 4.78 is 5.97. The minimum atomic E-state index is 0.485. The van der Waals surface area contributed by atoms with Gasteiger partial charge < -0.3 is 10.1 Å². The van der Waals surface area contributed by atoms with Gasteiger partial charge in [0.15, 0.2) is 0 Å². The number of nitrogens with one attached hydrogen (secondary N) is 1. The van der Waals surface area contributed by atoms with Crippen molar-refractivity contribution in [3.63, 3.8) is 0 Å². The Labute approximate surface area is 113 Å². The standard InChI is InChI=1S/C16H31NO/c1-4-7-17-16(15-6-5-8-18-15)14-10-12(2)9-13(3)11-14/h12-17H,4-11H2,1-3H3. The van der Waals surface area contributed by atoms with E-state index in [1.807, 2.05) is 0 Å². The maximum atomic E-state index is 5.97. The van der Waals surface area contributed by atoms with Gasteiger partial charge in [-0.05, 0) is 62.8 Å². The highest BCUT2D eigenvalue weighted by Crippen LogP contribution is 2.37. The Morgan fingerprint density at radius 3 is 2.44 bits per heavy atom. The molecular weight excluding hydrogens is 222 g/mol. The molecule has 1 heterocycles. The zero-order valence-electron chi connectivity index (χ0n) is 12.5. The molecule has 1 aliphatic heterocycles. The molecular formula is C16H31NO. The molecule has 4 unspecified atom stereocenters. The highest BCUT2D eigenvalue weighted by atomic mass is 16.5. The first-order valence-electron chi connectivity index (χ1n) is 8.05. The van der Waals surface area contributed by atoms with Gasteiger partial charge in [0.1, 0.15) is 0 Å². The topological polar surface area (TPSA) is 21.3 Å². The van der Waals surface area contributed by atoms with Crippen molar-refractivity contribution in [3.8, 4) is 0 Å². The van der Waals surface area contributed by atoms with E-state index in [-0.39, 0.29) is 0 Å². The van der Waals surface area contributed by atoms with Crippen LogP contribution in [0.5, 0.6) is 0 Å². The monoisotopic (exact) mass is 253 g/mol. The fourth-order valence-electron chi connectivity index (χ4n) is 4.10. The van der Waals surface area contributed by atoms with Gasteiger partial charge in [-0.1, -0.05) is 20.8 Å². The first-order chi connectivity index (χ1) is 8.70. The van der Waals surface area contributed by atoms with E-state index >= 15 is 0 Å². The van der Waals surface area contributed by atoms with E-state index < -0.39 is 0 Å². The van der Waals surface area contributed by atoms with Gasteiger partial charge in [-0.3, -0.25) is 0 Å². The average molecular weight is 253 g/mol. The SMILES string of the molecule is CCCNC(C1CC(C)CC(C)C1)C1CCCO1. The number of rotatable bonds is 5. The smallest absolute Gasteiger partial charge is 0.0731 e. The van der Waals surface area contributed by atoms with Crippen molar-refractivity contribution in [2.45, 2.75) is 71.4 Å². The van der Waals surface area contributed by atoms with Crippen LogP contribution in [0.3, 0.4) is 0 Å². The van der Waals surface area contributed by atoms with Crippen LogP contribution in [0.1, 0.15) is 59.3 Å². The van der Waals surface area contributed by atoms with Gasteiger partial charge in [0.05, 0.1) is 6.10 Å². The third-order valence-corrected chi connectivity index (χ3v) is 4.72. The molecule has 2 nitrogen and oxygen atoms in total. The molecule has 2 fully saturated rings. The molecule has 1 aliphatic carbocycles. The van der Waals surface area contributed by atoms with Gasteiger partial charge in [0.25, 0.3) is 0 Å². The van der Waals surface area contributed by atoms with Crippen molar-refractivity contribution >= 4 is 0 Å². The van der Waals surface area contributed by atoms with E-state index in [2.05, 4.69) is 26.1 Å². The summed E-state index contributed by atoms with van der Waals surface area (Å²) >= 11 is 0. The van der Waals surface area contributed by atoms with E-state index in [0.717, 1.165) is 30.9 Å². The Bertz CT molecular complexity index is 227. The highest BCUT2D eigenvalue weighted by Gasteiger charge is 2.35. The summed E-state index contributed by atoms with van der Waals surface area (Å²) in [5.74, 6) is 2.62. The predicted molar refractivity (Wildman–Crippen MR) is 76.7 cm³/mol. The lowest BCUT2D eigenvalue weighted by Crippen LogP contribution is -2.47. The van der Waals surface area contributed by atoms with Crippen molar-refractivity contribution in [2.24, 2.45) is 17.8 Å². The largest absolute Gasteiger partial charge is 0.377 e. The summed E-state index contributed by atoms with van der Waals surface area (Å²) in [5.41, 5.74) is 0. The van der Waals surface area contributed by atoms with Gasteiger partial charge in [-0.15, -0.1) is 0 Å². The Morgan fingerprint density at radius 1 is 1.17 bits per heavy atom. The highest BCUT2D eigenvalue weighted by molar-refractivity contribution is 4.90. The van der Waals surface area contributed by atoms with Crippen molar-refractivity contribution in [2.75, 3.05) is 13.2 Å². The maximum Gasteiger partial charge on any atom is 0.0731 e. The molecule has 4 atom stereocenters. The Morgan fingerprint density at radius 2 is 1.89 bits per heavy atom. The molecule has 0 aromatic heterocycles. The zero-order valence-corrected chi connectivity index (χ0v) is 12.5. The van der Waals surface area contributed by atoms with Crippen LogP contribution in [0.4, 0.5) is 0 Å². The fourth-order valence-corrected chi connectivity index (χ4v) is 4.10. The Balaban J connectivity index is 1.97. The molecule has 1 N–H and O–H groups in total. The van der Waals surface area contributed by atoms with Crippen LogP contribution in [0.25, 0.3) is 0 Å². The molecule has 0 aromatic carbocycles. The lowest BCUT2D eigenvalue weighted by Gasteiger charge is -2.39. The molecule has 0 aromatic rings. The molecule has 106 valence electrons. The molecule has 0 bridgehead atoms. The van der Waals surface area contributed by atoms with Crippen LogP contribution in [-0.4, -0.2) is 25.3 Å². The van der Waals surface area contributed by atoms with E-state index in [1.165, 1.54) is 38.5 Å². The van der Waals surface area contributed by atoms with Gasteiger partial charge in [-0.2, -0.15) is 0 Å². The second kappa shape index (κ2) is 6.91. The van der Waals surface area contributed by atoms with Crippen molar-refractivity contribution in [1.82, 2.24) is 5.32 Å². The van der Waals surface area contributed by atoms with Crippen LogP contribution in [0.15, 0.2) is 0 Å². The van der Waals surface area contributed by atoms with Crippen molar-refractivity contribution < 1.29 is 4.74 Å². The van der Waals surface area contributed by atoms with Gasteiger partial charge >= 0.3 is 0 Å². The molecule has 1 saturated heterocycles.